The summed E-state index contributed by atoms with van der Waals surface area (Å²) in [5.74, 6) is 0.0833. The van der Waals surface area contributed by atoms with Crippen molar-refractivity contribution < 1.29 is 4.79 Å². The molecule has 0 fully saturated rings. The third kappa shape index (κ3) is 2.55. The van der Waals surface area contributed by atoms with Crippen LogP contribution in [0.2, 0.25) is 0 Å². The molecule has 76 valence electrons. The molecule has 4 heteroatoms. The minimum atomic E-state index is -0.165. The molecule has 0 aliphatic heterocycles. The molecule has 0 aliphatic rings. The first-order valence-corrected chi connectivity index (χ1v) is 6.71. The lowest BCUT2D eigenvalue weighted by atomic mass is 10.1. The van der Waals surface area contributed by atoms with Gasteiger partial charge in [-0.05, 0) is 25.3 Å². The minimum Gasteiger partial charge on any atom is -0.293 e. The Kier molecular flexibility index (Phi) is 4.54. The highest BCUT2D eigenvalue weighted by molar-refractivity contribution is 9.10. The zero-order valence-corrected chi connectivity index (χ0v) is 11.2. The van der Waals surface area contributed by atoms with Gasteiger partial charge in [-0.25, -0.2) is 0 Å². The number of thioether (sulfide) groups is 1. The molecule has 0 saturated carbocycles. The number of benzene rings is 1. The van der Waals surface area contributed by atoms with E-state index >= 15 is 0 Å². The number of hydrogen-bond donors (Lipinski definition) is 1. The maximum atomic E-state index is 11.8. The van der Waals surface area contributed by atoms with Crippen LogP contribution in [0.3, 0.4) is 0 Å². The summed E-state index contributed by atoms with van der Waals surface area (Å²) in [7, 11) is 0. The van der Waals surface area contributed by atoms with E-state index in [1.165, 1.54) is 0 Å². The van der Waals surface area contributed by atoms with Gasteiger partial charge in [0.25, 0.3) is 0 Å². The molecule has 1 rings (SSSR count). The maximum absolute atomic E-state index is 11.8. The summed E-state index contributed by atoms with van der Waals surface area (Å²) in [5, 5.41) is 0. The lowest BCUT2D eigenvalue weighted by Crippen LogP contribution is -2.12. The van der Waals surface area contributed by atoms with Gasteiger partial charge in [0.05, 0.1) is 4.83 Å². The van der Waals surface area contributed by atoms with Crippen LogP contribution in [0, 0.1) is 0 Å². The van der Waals surface area contributed by atoms with E-state index in [-0.39, 0.29) is 10.6 Å². The summed E-state index contributed by atoms with van der Waals surface area (Å²) in [6, 6.07) is 5.68. The van der Waals surface area contributed by atoms with Gasteiger partial charge in [0.1, 0.15) is 0 Å². The van der Waals surface area contributed by atoms with E-state index < -0.39 is 0 Å². The van der Waals surface area contributed by atoms with Crippen LogP contribution in [-0.4, -0.2) is 16.9 Å². The Morgan fingerprint density at radius 1 is 1.57 bits per heavy atom. The van der Waals surface area contributed by atoms with Crippen LogP contribution in [-0.2, 0) is 0 Å². The van der Waals surface area contributed by atoms with Crippen LogP contribution in [0.1, 0.15) is 17.3 Å². The van der Waals surface area contributed by atoms with E-state index in [0.717, 1.165) is 9.79 Å². The molecule has 0 bridgehead atoms. The lowest BCUT2D eigenvalue weighted by Gasteiger charge is -2.10. The molecule has 0 N–H and O–H groups in total. The Morgan fingerprint density at radius 2 is 2.21 bits per heavy atom. The Hall–Kier alpha value is 0.0700. The molecule has 0 radical (unpaired) electrons. The zero-order valence-electron chi connectivity index (χ0n) is 7.95. The number of alkyl halides is 1. The van der Waals surface area contributed by atoms with Crippen molar-refractivity contribution >= 4 is 46.1 Å². The second-order valence-corrected chi connectivity index (χ2v) is 5.54. The predicted octanol–water partition coefficient (Wildman–Crippen LogP) is 3.66. The molecule has 1 atom stereocenters. The van der Waals surface area contributed by atoms with Gasteiger partial charge >= 0.3 is 0 Å². The first kappa shape index (κ1) is 12.1. The van der Waals surface area contributed by atoms with Crippen LogP contribution in [0.4, 0.5) is 0 Å². The van der Waals surface area contributed by atoms with Gasteiger partial charge < -0.3 is 0 Å². The highest BCUT2D eigenvalue weighted by Gasteiger charge is 2.17. The van der Waals surface area contributed by atoms with Crippen molar-refractivity contribution in [1.29, 1.82) is 0 Å². The number of halogens is 1. The second kappa shape index (κ2) is 5.24. The first-order valence-electron chi connectivity index (χ1n) is 4.12. The number of rotatable bonds is 3. The van der Waals surface area contributed by atoms with Crippen molar-refractivity contribution in [2.75, 3.05) is 6.26 Å². The summed E-state index contributed by atoms with van der Waals surface area (Å²) in [6.07, 6.45) is 1.96. The summed E-state index contributed by atoms with van der Waals surface area (Å²) in [6.45, 7) is 1.83. The fourth-order valence-electron chi connectivity index (χ4n) is 1.14. The molecule has 0 heterocycles. The summed E-state index contributed by atoms with van der Waals surface area (Å²) < 4.78 is 0. The number of carbonyl (C=O) groups excluding carboxylic acids is 1. The average molecular weight is 291 g/mol. The van der Waals surface area contributed by atoms with E-state index in [2.05, 4.69) is 28.6 Å². The zero-order chi connectivity index (χ0) is 10.7. The van der Waals surface area contributed by atoms with Crippen molar-refractivity contribution in [3.05, 3.63) is 23.8 Å². The third-order valence-electron chi connectivity index (χ3n) is 1.83. The Bertz CT molecular complexity index is 350. The molecule has 0 aromatic heterocycles. The molecule has 0 aliphatic carbocycles. The standard InChI is InChI=1S/C10H11BrOS2/c1-6(11)10(12)9-7(13)4-3-5-8(9)14-2/h3-6,13H,1-2H3. The van der Waals surface area contributed by atoms with Gasteiger partial charge in [0.2, 0.25) is 0 Å². The molecule has 1 aromatic rings. The SMILES string of the molecule is CSc1cccc(S)c1C(=O)C(C)Br. The van der Waals surface area contributed by atoms with Crippen molar-refractivity contribution in [2.45, 2.75) is 21.5 Å². The van der Waals surface area contributed by atoms with Gasteiger partial charge in [0, 0.05) is 15.4 Å². The molecule has 0 saturated heterocycles. The van der Waals surface area contributed by atoms with Crippen LogP contribution in [0.15, 0.2) is 28.0 Å². The molecule has 14 heavy (non-hydrogen) atoms. The van der Waals surface area contributed by atoms with E-state index in [0.29, 0.717) is 5.56 Å². The smallest absolute Gasteiger partial charge is 0.178 e. The fraction of sp³-hybridized carbons (Fsp3) is 0.300. The number of hydrogen-bond acceptors (Lipinski definition) is 3. The Morgan fingerprint density at radius 3 is 2.71 bits per heavy atom. The molecular weight excluding hydrogens is 280 g/mol. The van der Waals surface area contributed by atoms with Gasteiger partial charge in [-0.3, -0.25) is 4.79 Å². The molecule has 1 unspecified atom stereocenters. The van der Waals surface area contributed by atoms with Crippen LogP contribution in [0.25, 0.3) is 0 Å². The van der Waals surface area contributed by atoms with E-state index in [1.807, 2.05) is 31.4 Å². The van der Waals surface area contributed by atoms with Crippen molar-refractivity contribution in [2.24, 2.45) is 0 Å². The minimum absolute atomic E-state index is 0.0833. The maximum Gasteiger partial charge on any atom is 0.178 e. The number of ketones is 1. The van der Waals surface area contributed by atoms with E-state index in [1.54, 1.807) is 11.8 Å². The lowest BCUT2D eigenvalue weighted by molar-refractivity contribution is 0.0990. The van der Waals surface area contributed by atoms with Crippen LogP contribution >= 0.6 is 40.3 Å². The van der Waals surface area contributed by atoms with E-state index in [4.69, 9.17) is 0 Å². The monoisotopic (exact) mass is 290 g/mol. The van der Waals surface area contributed by atoms with Crippen LogP contribution in [0.5, 0.6) is 0 Å². The summed E-state index contributed by atoms with van der Waals surface area (Å²) >= 11 is 9.15. The summed E-state index contributed by atoms with van der Waals surface area (Å²) in [5.41, 5.74) is 0.715. The molecular formula is C10H11BrOS2. The number of Topliss-reactive ketones (excluding diaryl/α,β-unsaturated/α-hetero) is 1. The Balaban J connectivity index is 3.23. The van der Waals surface area contributed by atoms with Gasteiger partial charge in [-0.1, -0.05) is 22.0 Å². The van der Waals surface area contributed by atoms with Crippen LogP contribution < -0.4 is 0 Å². The molecule has 1 nitrogen and oxygen atoms in total. The highest BCUT2D eigenvalue weighted by Crippen LogP contribution is 2.28. The Labute approximate surface area is 102 Å². The molecule has 0 spiro atoms. The third-order valence-corrected chi connectivity index (χ3v) is 3.40. The van der Waals surface area contributed by atoms with Crippen molar-refractivity contribution in [1.82, 2.24) is 0 Å². The average Bonchev–Trinajstić information content (AvgIpc) is 2.16. The predicted molar refractivity (Wildman–Crippen MR) is 68.2 cm³/mol. The topological polar surface area (TPSA) is 17.1 Å². The summed E-state index contributed by atoms with van der Waals surface area (Å²) in [4.78, 5) is 13.4. The quantitative estimate of drug-likeness (QED) is 0.396. The number of thiol groups is 1. The highest BCUT2D eigenvalue weighted by atomic mass is 79.9. The van der Waals surface area contributed by atoms with Gasteiger partial charge in [-0.2, -0.15) is 0 Å². The largest absolute Gasteiger partial charge is 0.293 e. The molecule has 0 amide bonds. The van der Waals surface area contributed by atoms with Gasteiger partial charge in [0.15, 0.2) is 5.78 Å². The number of carbonyl (C=O) groups is 1. The van der Waals surface area contributed by atoms with Crippen molar-refractivity contribution in [3.8, 4) is 0 Å². The van der Waals surface area contributed by atoms with E-state index in [9.17, 15) is 4.79 Å². The first-order chi connectivity index (χ1) is 6.57. The normalized spacial score (nSPS) is 12.6. The van der Waals surface area contributed by atoms with Gasteiger partial charge in [-0.15, -0.1) is 24.4 Å². The molecule has 1 aromatic carbocycles. The second-order valence-electron chi connectivity index (χ2n) is 2.83. The fourth-order valence-corrected chi connectivity index (χ4v) is 2.39. The van der Waals surface area contributed by atoms with Crippen molar-refractivity contribution in [3.63, 3.8) is 0 Å².